The maximum absolute atomic E-state index is 7.00. The predicted molar refractivity (Wildman–Crippen MR) is 303 cm³/mol. The number of anilines is 6. The molecule has 16 rings (SSSR count). The van der Waals surface area contributed by atoms with E-state index in [9.17, 15) is 0 Å². The Morgan fingerprint density at radius 2 is 0.671 bits per heavy atom. The third kappa shape index (κ3) is 5.94. The minimum absolute atomic E-state index is 0.0870. The Balaban J connectivity index is 1.000. The minimum Gasteiger partial charge on any atom is -0.458 e. The Hall–Kier alpha value is -9.45. The Kier molecular flexibility index (Phi) is 8.57. The van der Waals surface area contributed by atoms with Gasteiger partial charge in [-0.05, 0) is 140 Å². The molecular formula is C66H41B2N3O2. The van der Waals surface area contributed by atoms with E-state index >= 15 is 0 Å². The average Bonchev–Trinajstić information content (AvgIpc) is 3.76. The van der Waals surface area contributed by atoms with Crippen molar-refractivity contribution >= 4 is 102 Å². The normalized spacial score (nSPS) is 13.3. The maximum Gasteiger partial charge on any atom is 0.256 e. The maximum atomic E-state index is 7.00. The van der Waals surface area contributed by atoms with Gasteiger partial charge in [-0.15, -0.1) is 0 Å². The van der Waals surface area contributed by atoms with Crippen molar-refractivity contribution in [2.24, 2.45) is 0 Å². The van der Waals surface area contributed by atoms with Crippen molar-refractivity contribution in [3.8, 4) is 50.9 Å². The Morgan fingerprint density at radius 3 is 1.10 bits per heavy atom. The van der Waals surface area contributed by atoms with Gasteiger partial charge in [-0.1, -0.05) is 164 Å². The molecule has 0 saturated heterocycles. The van der Waals surface area contributed by atoms with Gasteiger partial charge >= 0.3 is 0 Å². The van der Waals surface area contributed by atoms with Crippen LogP contribution in [0.25, 0.3) is 49.7 Å². The fraction of sp³-hybridized carbons (Fsp3) is 0. The van der Waals surface area contributed by atoms with E-state index in [1.807, 2.05) is 0 Å². The Bertz CT molecular complexity index is 3970. The lowest BCUT2D eigenvalue weighted by atomic mass is 9.34. The average molecular weight is 930 g/mol. The zero-order valence-corrected chi connectivity index (χ0v) is 39.5. The number of hydrogen-bond donors (Lipinski definition) is 0. The first-order valence-electron chi connectivity index (χ1n) is 25.1. The van der Waals surface area contributed by atoms with Crippen molar-refractivity contribution in [3.05, 3.63) is 249 Å². The van der Waals surface area contributed by atoms with Crippen LogP contribution < -0.4 is 52.1 Å². The van der Waals surface area contributed by atoms with E-state index < -0.39 is 0 Å². The summed E-state index contributed by atoms with van der Waals surface area (Å²) in [5.74, 6) is 3.55. The molecule has 11 aromatic carbocycles. The summed E-state index contributed by atoms with van der Waals surface area (Å²) in [5, 5.41) is 2.39. The molecule has 0 bridgehead atoms. The molecule has 4 aliphatic heterocycles. The summed E-state index contributed by atoms with van der Waals surface area (Å²) in [5.41, 5.74) is 21.9. The monoisotopic (exact) mass is 929 g/mol. The topological polar surface area (TPSA) is 29.9 Å². The van der Waals surface area contributed by atoms with Gasteiger partial charge in [-0.3, -0.25) is 0 Å². The quantitative estimate of drug-likeness (QED) is 0.161. The second-order valence-electron chi connectivity index (χ2n) is 19.6. The molecule has 0 spiro atoms. The molecule has 1 aromatic heterocycles. The van der Waals surface area contributed by atoms with Gasteiger partial charge in [0.15, 0.2) is 0 Å². The van der Waals surface area contributed by atoms with Gasteiger partial charge < -0.3 is 23.8 Å². The van der Waals surface area contributed by atoms with E-state index in [-0.39, 0.29) is 13.4 Å². The molecule has 338 valence electrons. The van der Waals surface area contributed by atoms with Gasteiger partial charge in [0.25, 0.3) is 13.4 Å². The molecule has 0 radical (unpaired) electrons. The fourth-order valence-corrected chi connectivity index (χ4v) is 12.5. The van der Waals surface area contributed by atoms with Gasteiger partial charge in [-0.25, -0.2) is 0 Å². The molecule has 0 unspecified atom stereocenters. The molecule has 12 aromatic rings. The molecule has 0 fully saturated rings. The summed E-state index contributed by atoms with van der Waals surface area (Å²) in [7, 11) is 0. The van der Waals surface area contributed by atoms with Crippen LogP contribution in [-0.4, -0.2) is 18.0 Å². The molecule has 7 heteroatoms. The Morgan fingerprint density at radius 1 is 0.274 bits per heavy atom. The molecule has 0 saturated carbocycles. The molecule has 0 amide bonds. The summed E-state index contributed by atoms with van der Waals surface area (Å²) < 4.78 is 16.5. The van der Waals surface area contributed by atoms with Crippen LogP contribution in [0.2, 0.25) is 0 Å². The molecule has 4 aliphatic rings. The molecule has 73 heavy (non-hydrogen) atoms. The van der Waals surface area contributed by atoms with Crippen LogP contribution in [0, 0.1) is 0 Å². The van der Waals surface area contributed by atoms with Crippen LogP contribution in [0.5, 0.6) is 23.0 Å². The first-order valence-corrected chi connectivity index (χ1v) is 25.1. The van der Waals surface area contributed by atoms with E-state index in [2.05, 4.69) is 263 Å². The first kappa shape index (κ1) is 40.3. The summed E-state index contributed by atoms with van der Waals surface area (Å²) >= 11 is 0. The van der Waals surface area contributed by atoms with Crippen LogP contribution >= 0.6 is 0 Å². The lowest BCUT2D eigenvalue weighted by Gasteiger charge is -2.40. The fourth-order valence-electron chi connectivity index (χ4n) is 12.5. The SMILES string of the molecule is c1ccc(-c2ccc3c(c2)Oc2cccc4c2B3c2cc3c5cc6c(cc5n(-c5ccccc5)c3cc2N4c2ccccc2)N(c2ccccc2)c2cccc3c2B6c2ccc(-c4ccccc4)cc2O3)cc1. The number of hydrogen-bond acceptors (Lipinski definition) is 4. The number of nitrogens with zero attached hydrogens (tertiary/aromatic N) is 3. The van der Waals surface area contributed by atoms with Crippen molar-refractivity contribution in [2.45, 2.75) is 0 Å². The lowest BCUT2D eigenvalue weighted by molar-refractivity contribution is 0.487. The molecule has 0 N–H and O–H groups in total. The van der Waals surface area contributed by atoms with Crippen molar-refractivity contribution in [1.82, 2.24) is 4.57 Å². The highest BCUT2D eigenvalue weighted by Gasteiger charge is 2.45. The number of ether oxygens (including phenoxy) is 2. The van der Waals surface area contributed by atoms with E-state index in [0.29, 0.717) is 0 Å². The largest absolute Gasteiger partial charge is 0.458 e. The van der Waals surface area contributed by atoms with Gasteiger partial charge in [0, 0.05) is 50.6 Å². The van der Waals surface area contributed by atoms with Crippen LogP contribution in [0.15, 0.2) is 249 Å². The van der Waals surface area contributed by atoms with E-state index in [0.717, 1.165) is 107 Å². The summed E-state index contributed by atoms with van der Waals surface area (Å²) in [6, 6.07) is 90.3. The van der Waals surface area contributed by atoms with Crippen LogP contribution in [0.3, 0.4) is 0 Å². The number of aromatic nitrogens is 1. The summed E-state index contributed by atoms with van der Waals surface area (Å²) in [6.45, 7) is -0.174. The molecular weight excluding hydrogens is 888 g/mol. The highest BCUT2D eigenvalue weighted by molar-refractivity contribution is 7.00. The lowest BCUT2D eigenvalue weighted by Crippen LogP contribution is -2.59. The highest BCUT2D eigenvalue weighted by atomic mass is 16.5. The summed E-state index contributed by atoms with van der Waals surface area (Å²) in [6.07, 6.45) is 0. The third-order valence-electron chi connectivity index (χ3n) is 15.7. The van der Waals surface area contributed by atoms with Crippen LogP contribution in [-0.2, 0) is 0 Å². The molecule has 5 heterocycles. The Labute approximate surface area is 423 Å². The van der Waals surface area contributed by atoms with E-state index in [1.54, 1.807) is 0 Å². The van der Waals surface area contributed by atoms with E-state index in [1.165, 1.54) is 32.6 Å². The minimum atomic E-state index is -0.0870. The van der Waals surface area contributed by atoms with Gasteiger partial charge in [0.05, 0.1) is 11.0 Å². The number of fused-ring (bicyclic) bond motifs is 11. The number of rotatable bonds is 5. The van der Waals surface area contributed by atoms with Gasteiger partial charge in [0.2, 0.25) is 0 Å². The van der Waals surface area contributed by atoms with Crippen LogP contribution in [0.1, 0.15) is 0 Å². The van der Waals surface area contributed by atoms with E-state index in [4.69, 9.17) is 9.47 Å². The van der Waals surface area contributed by atoms with Crippen LogP contribution in [0.4, 0.5) is 34.1 Å². The molecule has 0 aliphatic carbocycles. The smallest absolute Gasteiger partial charge is 0.256 e. The second-order valence-corrected chi connectivity index (χ2v) is 19.6. The predicted octanol–water partition coefficient (Wildman–Crippen LogP) is 12.9. The highest BCUT2D eigenvalue weighted by Crippen LogP contribution is 2.47. The molecule has 5 nitrogen and oxygen atoms in total. The van der Waals surface area contributed by atoms with Gasteiger partial charge in [0.1, 0.15) is 23.0 Å². The standard InChI is InChI=1S/C66H41B2N3O2/c1-6-18-42(19-7-1)44-32-34-51-63(36-44)72-61-30-16-28-55-65(61)67(51)53-38-49-50-39-54-60(41-58(50)71(48-26-14-5-15-27-48)57(49)40-59(53)69(55)46-22-10-3-11-23-46)70(47-24-12-4-13-25-47)56-29-17-31-62-66(56)68(54)52-35-33-45(37-64(52)73-62)43-20-8-2-9-21-43/h1-41H. The zero-order valence-electron chi connectivity index (χ0n) is 39.5. The van der Waals surface area contributed by atoms with Crippen molar-refractivity contribution < 1.29 is 9.47 Å². The first-order chi connectivity index (χ1) is 36.2. The molecule has 0 atom stereocenters. The zero-order chi connectivity index (χ0) is 47.7. The van der Waals surface area contributed by atoms with Crippen molar-refractivity contribution in [1.29, 1.82) is 0 Å². The number of benzene rings is 11. The number of para-hydroxylation sites is 3. The van der Waals surface area contributed by atoms with Crippen molar-refractivity contribution in [3.63, 3.8) is 0 Å². The summed E-state index contributed by atoms with van der Waals surface area (Å²) in [4.78, 5) is 4.90. The van der Waals surface area contributed by atoms with Gasteiger partial charge in [-0.2, -0.15) is 0 Å². The second kappa shape index (κ2) is 15.5. The van der Waals surface area contributed by atoms with Crippen molar-refractivity contribution in [2.75, 3.05) is 9.80 Å². The third-order valence-corrected chi connectivity index (χ3v) is 15.7.